The van der Waals surface area contributed by atoms with E-state index in [0.717, 1.165) is 25.2 Å². The Labute approximate surface area is 136 Å². The van der Waals surface area contributed by atoms with E-state index in [2.05, 4.69) is 12.0 Å². The number of benzene rings is 1. The third kappa shape index (κ3) is 3.38. The maximum Gasteiger partial charge on any atom is 0.274 e. The zero-order valence-corrected chi connectivity index (χ0v) is 13.7. The number of rotatable bonds is 4. The Balaban J connectivity index is 1.89. The van der Waals surface area contributed by atoms with Gasteiger partial charge in [-0.3, -0.25) is 4.79 Å². The van der Waals surface area contributed by atoms with Crippen LogP contribution in [0.1, 0.15) is 37.2 Å². The molecular weight excluding hydrogens is 290 g/mol. The number of nitrogens with zero attached hydrogens (tertiary/aromatic N) is 3. The van der Waals surface area contributed by atoms with Gasteiger partial charge in [-0.25, -0.2) is 4.68 Å². The molecule has 2 heterocycles. The second kappa shape index (κ2) is 6.86. The molecule has 1 atom stereocenters. The van der Waals surface area contributed by atoms with E-state index < -0.39 is 0 Å². The Morgan fingerprint density at radius 2 is 2.13 bits per heavy atom. The molecule has 122 valence electrons. The molecule has 23 heavy (non-hydrogen) atoms. The minimum atomic E-state index is -0.00724. The van der Waals surface area contributed by atoms with Crippen LogP contribution in [0.2, 0.25) is 0 Å². The van der Waals surface area contributed by atoms with Crippen LogP contribution in [0.3, 0.4) is 0 Å². The van der Waals surface area contributed by atoms with E-state index in [-0.39, 0.29) is 5.91 Å². The Kier molecular flexibility index (Phi) is 4.65. The summed E-state index contributed by atoms with van der Waals surface area (Å²) >= 11 is 0. The number of hydrogen-bond donors (Lipinski definition) is 0. The molecule has 1 amide bonds. The number of para-hydroxylation sites is 1. The van der Waals surface area contributed by atoms with Crippen molar-refractivity contribution in [2.24, 2.45) is 5.92 Å². The number of amides is 1. The largest absolute Gasteiger partial charge is 0.478 e. The lowest BCUT2D eigenvalue weighted by molar-refractivity contribution is 0.0676. The van der Waals surface area contributed by atoms with Crippen molar-refractivity contribution in [2.45, 2.75) is 26.7 Å². The molecule has 0 radical (unpaired) electrons. The second-order valence-corrected chi connectivity index (χ2v) is 6.05. The summed E-state index contributed by atoms with van der Waals surface area (Å²) in [5, 5.41) is 4.50. The van der Waals surface area contributed by atoms with Gasteiger partial charge in [-0.1, -0.05) is 25.1 Å². The maximum atomic E-state index is 12.7. The number of hydrogen-bond acceptors (Lipinski definition) is 3. The van der Waals surface area contributed by atoms with E-state index in [0.29, 0.717) is 24.1 Å². The molecule has 0 N–H and O–H groups in total. The van der Waals surface area contributed by atoms with Crippen LogP contribution in [-0.2, 0) is 0 Å². The molecule has 1 fully saturated rings. The van der Waals surface area contributed by atoms with Crippen LogP contribution in [0.5, 0.6) is 5.88 Å². The van der Waals surface area contributed by atoms with E-state index in [9.17, 15) is 4.79 Å². The first-order chi connectivity index (χ1) is 11.2. The van der Waals surface area contributed by atoms with Gasteiger partial charge in [0.1, 0.15) is 0 Å². The first kappa shape index (κ1) is 15.6. The van der Waals surface area contributed by atoms with Gasteiger partial charge in [0.25, 0.3) is 5.91 Å². The Morgan fingerprint density at radius 3 is 2.83 bits per heavy atom. The van der Waals surface area contributed by atoms with Crippen LogP contribution in [0.15, 0.2) is 36.4 Å². The summed E-state index contributed by atoms with van der Waals surface area (Å²) in [4.78, 5) is 14.6. The van der Waals surface area contributed by atoms with Gasteiger partial charge in [0.15, 0.2) is 5.69 Å². The lowest BCUT2D eigenvalue weighted by atomic mass is 10.0. The fourth-order valence-electron chi connectivity index (χ4n) is 3.01. The van der Waals surface area contributed by atoms with Crippen LogP contribution in [0.25, 0.3) is 5.69 Å². The molecule has 0 aliphatic carbocycles. The second-order valence-electron chi connectivity index (χ2n) is 6.05. The van der Waals surface area contributed by atoms with Crippen LogP contribution in [-0.4, -0.2) is 40.3 Å². The minimum Gasteiger partial charge on any atom is -0.478 e. The monoisotopic (exact) mass is 313 g/mol. The molecule has 1 aromatic carbocycles. The standard InChI is InChI=1S/C18H23N3O2/c1-3-23-17-12-16(18(22)20-11-7-8-14(2)13-20)19-21(17)15-9-5-4-6-10-15/h4-6,9-10,12,14H,3,7-8,11,13H2,1-2H3/t14-/m0/s1. The molecule has 1 aromatic heterocycles. The third-order valence-corrected chi connectivity index (χ3v) is 4.13. The summed E-state index contributed by atoms with van der Waals surface area (Å²) in [6, 6.07) is 11.5. The predicted octanol–water partition coefficient (Wildman–Crippen LogP) is 3.14. The van der Waals surface area contributed by atoms with Crippen molar-refractivity contribution in [3.05, 3.63) is 42.1 Å². The van der Waals surface area contributed by atoms with Crippen molar-refractivity contribution >= 4 is 5.91 Å². The molecular formula is C18H23N3O2. The zero-order valence-electron chi connectivity index (χ0n) is 13.7. The van der Waals surface area contributed by atoms with Crippen LogP contribution < -0.4 is 4.74 Å². The van der Waals surface area contributed by atoms with Crippen LogP contribution in [0.4, 0.5) is 0 Å². The summed E-state index contributed by atoms with van der Waals surface area (Å²) < 4.78 is 7.36. The molecule has 0 saturated carbocycles. The van der Waals surface area contributed by atoms with Crippen LogP contribution in [0, 0.1) is 5.92 Å². The number of carbonyl (C=O) groups is 1. The fourth-order valence-corrected chi connectivity index (χ4v) is 3.01. The SMILES string of the molecule is CCOc1cc(C(=O)N2CCC[C@H](C)C2)nn1-c1ccccc1. The van der Waals surface area contributed by atoms with Crippen LogP contribution >= 0.6 is 0 Å². The first-order valence-corrected chi connectivity index (χ1v) is 8.26. The molecule has 3 rings (SSSR count). The molecule has 5 nitrogen and oxygen atoms in total. The van der Waals surface area contributed by atoms with Gasteiger partial charge in [-0.2, -0.15) is 5.10 Å². The molecule has 1 aliphatic heterocycles. The first-order valence-electron chi connectivity index (χ1n) is 8.26. The zero-order chi connectivity index (χ0) is 16.2. The van der Waals surface area contributed by atoms with Crippen molar-refractivity contribution in [3.63, 3.8) is 0 Å². The van der Waals surface area contributed by atoms with Gasteiger partial charge in [0.2, 0.25) is 5.88 Å². The van der Waals surface area contributed by atoms with Gasteiger partial charge in [-0.15, -0.1) is 0 Å². The number of carbonyl (C=O) groups excluding carboxylic acids is 1. The molecule has 0 unspecified atom stereocenters. The molecule has 2 aromatic rings. The normalized spacial score (nSPS) is 18.0. The highest BCUT2D eigenvalue weighted by molar-refractivity contribution is 5.92. The summed E-state index contributed by atoms with van der Waals surface area (Å²) in [5.74, 6) is 1.15. The lowest BCUT2D eigenvalue weighted by Gasteiger charge is -2.30. The molecule has 1 aliphatic rings. The predicted molar refractivity (Wildman–Crippen MR) is 89.0 cm³/mol. The highest BCUT2D eigenvalue weighted by Gasteiger charge is 2.25. The van der Waals surface area contributed by atoms with E-state index in [4.69, 9.17) is 4.74 Å². The minimum absolute atomic E-state index is 0.00724. The average Bonchev–Trinajstić information content (AvgIpc) is 2.99. The van der Waals surface area contributed by atoms with Gasteiger partial charge in [-0.05, 0) is 37.8 Å². The average molecular weight is 313 g/mol. The quantitative estimate of drug-likeness (QED) is 0.871. The van der Waals surface area contributed by atoms with Gasteiger partial charge < -0.3 is 9.64 Å². The van der Waals surface area contributed by atoms with Crippen molar-refractivity contribution in [2.75, 3.05) is 19.7 Å². The summed E-state index contributed by atoms with van der Waals surface area (Å²) in [7, 11) is 0. The highest BCUT2D eigenvalue weighted by Crippen LogP contribution is 2.22. The van der Waals surface area contributed by atoms with Gasteiger partial charge >= 0.3 is 0 Å². The van der Waals surface area contributed by atoms with Crippen molar-refractivity contribution < 1.29 is 9.53 Å². The Morgan fingerprint density at radius 1 is 1.35 bits per heavy atom. The number of aromatic nitrogens is 2. The van der Waals surface area contributed by atoms with E-state index >= 15 is 0 Å². The number of piperidine rings is 1. The molecule has 0 spiro atoms. The van der Waals surface area contributed by atoms with Crippen molar-refractivity contribution in [1.82, 2.24) is 14.7 Å². The Hall–Kier alpha value is -2.30. The number of ether oxygens (including phenoxy) is 1. The summed E-state index contributed by atoms with van der Waals surface area (Å²) in [6.45, 7) is 6.27. The number of likely N-dealkylation sites (tertiary alicyclic amines) is 1. The molecule has 5 heteroatoms. The maximum absolute atomic E-state index is 12.7. The fraction of sp³-hybridized carbons (Fsp3) is 0.444. The van der Waals surface area contributed by atoms with Gasteiger partial charge in [0.05, 0.1) is 12.3 Å². The smallest absolute Gasteiger partial charge is 0.274 e. The molecule has 0 bridgehead atoms. The lowest BCUT2D eigenvalue weighted by Crippen LogP contribution is -2.39. The van der Waals surface area contributed by atoms with E-state index in [1.807, 2.05) is 42.2 Å². The van der Waals surface area contributed by atoms with E-state index in [1.165, 1.54) is 6.42 Å². The Bertz CT molecular complexity index is 666. The highest BCUT2D eigenvalue weighted by atomic mass is 16.5. The topological polar surface area (TPSA) is 47.4 Å². The van der Waals surface area contributed by atoms with Gasteiger partial charge in [0, 0.05) is 19.2 Å². The van der Waals surface area contributed by atoms with Crippen molar-refractivity contribution in [3.8, 4) is 11.6 Å². The summed E-state index contributed by atoms with van der Waals surface area (Å²) in [5.41, 5.74) is 1.34. The van der Waals surface area contributed by atoms with E-state index in [1.54, 1.807) is 10.7 Å². The molecule has 1 saturated heterocycles. The van der Waals surface area contributed by atoms with Crippen molar-refractivity contribution in [1.29, 1.82) is 0 Å². The summed E-state index contributed by atoms with van der Waals surface area (Å²) in [6.07, 6.45) is 2.25. The third-order valence-electron chi connectivity index (χ3n) is 4.13.